The highest BCUT2D eigenvalue weighted by Gasteiger charge is 2.14. The molecule has 0 unspecified atom stereocenters. The first kappa shape index (κ1) is 13.1. The molecule has 0 bridgehead atoms. The van der Waals surface area contributed by atoms with Crippen LogP contribution in [0.4, 0.5) is 0 Å². The highest BCUT2D eigenvalue weighted by Crippen LogP contribution is 2.18. The van der Waals surface area contributed by atoms with Gasteiger partial charge in [-0.2, -0.15) is 0 Å². The molecule has 0 aliphatic rings. The van der Waals surface area contributed by atoms with Gasteiger partial charge in [-0.1, -0.05) is 0 Å². The van der Waals surface area contributed by atoms with Crippen LogP contribution in [0.15, 0.2) is 16.3 Å². The van der Waals surface area contributed by atoms with Gasteiger partial charge in [-0.05, 0) is 6.07 Å². The quantitative estimate of drug-likeness (QED) is 0.798. The third kappa shape index (κ3) is 3.53. The number of nitrogens with one attached hydrogen (secondary N) is 1. The molecule has 0 aliphatic heterocycles. The number of nitrogens with zero attached hydrogens (tertiary/aromatic N) is 1. The molecule has 0 atom stereocenters. The van der Waals surface area contributed by atoms with Gasteiger partial charge in [0.25, 0.3) is 5.91 Å². The van der Waals surface area contributed by atoms with Gasteiger partial charge in [-0.25, -0.2) is 0 Å². The molecule has 1 heterocycles. The van der Waals surface area contributed by atoms with Crippen LogP contribution >= 0.6 is 24.0 Å². The Balaban J connectivity index is 2.51. The third-order valence-corrected chi connectivity index (χ3v) is 3.45. The Hall–Kier alpha value is -1.01. The predicted octanol–water partition coefficient (Wildman–Crippen LogP) is 1.24. The largest absolute Gasteiger partial charge is 0.359 e. The van der Waals surface area contributed by atoms with E-state index in [1.54, 1.807) is 20.2 Å². The Morgan fingerprint density at radius 3 is 2.75 bits per heavy atom. The van der Waals surface area contributed by atoms with Crippen molar-refractivity contribution in [2.75, 3.05) is 20.6 Å². The summed E-state index contributed by atoms with van der Waals surface area (Å²) in [7, 11) is 3.26. The first-order chi connectivity index (χ1) is 7.54. The molecule has 0 aromatic carbocycles. The lowest BCUT2D eigenvalue weighted by atomic mass is 10.3. The molecule has 0 spiro atoms. The van der Waals surface area contributed by atoms with Crippen LogP contribution in [0.5, 0.6) is 0 Å². The fourth-order valence-electron chi connectivity index (χ4n) is 1.12. The summed E-state index contributed by atoms with van der Waals surface area (Å²) in [6.45, 7) is 0.415. The van der Waals surface area contributed by atoms with E-state index >= 15 is 0 Å². The molecule has 0 aliphatic carbocycles. The molecular weight excluding hydrogens is 244 g/mol. The number of thiophene rings is 1. The lowest BCUT2D eigenvalue weighted by Gasteiger charge is -2.15. The Kier molecular flexibility index (Phi) is 4.82. The van der Waals surface area contributed by atoms with Crippen LogP contribution < -0.4 is 5.32 Å². The van der Waals surface area contributed by atoms with E-state index in [0.29, 0.717) is 17.8 Å². The second-order valence-electron chi connectivity index (χ2n) is 3.32. The zero-order valence-electron chi connectivity index (χ0n) is 9.19. The van der Waals surface area contributed by atoms with Crippen molar-refractivity contribution in [1.82, 2.24) is 10.2 Å². The van der Waals surface area contributed by atoms with Crippen LogP contribution in [0, 0.1) is 0 Å². The second-order valence-corrected chi connectivity index (χ2v) is 4.75. The molecule has 0 saturated heterocycles. The SMILES string of the molecule is CNC(=O)CCN(C)C(=O)c1cc(S)cs1. The van der Waals surface area contributed by atoms with Gasteiger partial charge in [0.15, 0.2) is 0 Å². The number of amides is 2. The summed E-state index contributed by atoms with van der Waals surface area (Å²) >= 11 is 5.50. The highest BCUT2D eigenvalue weighted by atomic mass is 32.1. The van der Waals surface area contributed by atoms with Crippen molar-refractivity contribution < 1.29 is 9.59 Å². The highest BCUT2D eigenvalue weighted by molar-refractivity contribution is 7.80. The maximum atomic E-state index is 11.8. The van der Waals surface area contributed by atoms with Crippen molar-refractivity contribution in [2.45, 2.75) is 11.3 Å². The minimum Gasteiger partial charge on any atom is -0.359 e. The average molecular weight is 258 g/mol. The fraction of sp³-hybridized carbons (Fsp3) is 0.400. The smallest absolute Gasteiger partial charge is 0.263 e. The summed E-state index contributed by atoms with van der Waals surface area (Å²) < 4.78 is 0. The maximum Gasteiger partial charge on any atom is 0.263 e. The molecule has 1 aromatic rings. The van der Waals surface area contributed by atoms with Crippen molar-refractivity contribution in [2.24, 2.45) is 0 Å². The van der Waals surface area contributed by atoms with Gasteiger partial charge in [0.2, 0.25) is 5.91 Å². The van der Waals surface area contributed by atoms with Gasteiger partial charge in [0.1, 0.15) is 0 Å². The summed E-state index contributed by atoms with van der Waals surface area (Å²) in [4.78, 5) is 25.8. The van der Waals surface area contributed by atoms with Gasteiger partial charge >= 0.3 is 0 Å². The van der Waals surface area contributed by atoms with Crippen LogP contribution in [-0.2, 0) is 4.79 Å². The number of rotatable bonds is 4. The number of hydrogen-bond donors (Lipinski definition) is 2. The van der Waals surface area contributed by atoms with Gasteiger partial charge in [-0.15, -0.1) is 24.0 Å². The Morgan fingerprint density at radius 2 is 2.25 bits per heavy atom. The van der Waals surface area contributed by atoms with Crippen LogP contribution in [0.25, 0.3) is 0 Å². The number of hydrogen-bond acceptors (Lipinski definition) is 4. The van der Waals surface area contributed by atoms with Crippen LogP contribution in [-0.4, -0.2) is 37.4 Å². The Labute approximate surface area is 104 Å². The zero-order chi connectivity index (χ0) is 12.1. The summed E-state index contributed by atoms with van der Waals surface area (Å²) in [6.07, 6.45) is 0.317. The van der Waals surface area contributed by atoms with Gasteiger partial charge in [-0.3, -0.25) is 9.59 Å². The molecule has 0 fully saturated rings. The molecule has 6 heteroatoms. The topological polar surface area (TPSA) is 49.4 Å². The third-order valence-electron chi connectivity index (χ3n) is 2.10. The van der Waals surface area contributed by atoms with E-state index in [1.807, 2.05) is 5.38 Å². The van der Waals surface area contributed by atoms with E-state index < -0.39 is 0 Å². The normalized spacial score (nSPS) is 9.94. The average Bonchev–Trinajstić information content (AvgIpc) is 2.71. The standard InChI is InChI=1S/C10H14N2O2S2/c1-11-9(13)3-4-12(2)10(14)8-5-7(15)6-16-8/h5-6,15H,3-4H2,1-2H3,(H,11,13). The minimum atomic E-state index is -0.0748. The fourth-order valence-corrected chi connectivity index (χ4v) is 2.26. The van der Waals surface area contributed by atoms with E-state index in [1.165, 1.54) is 16.2 Å². The molecule has 0 saturated carbocycles. The van der Waals surface area contributed by atoms with E-state index in [2.05, 4.69) is 17.9 Å². The van der Waals surface area contributed by atoms with E-state index in [9.17, 15) is 9.59 Å². The minimum absolute atomic E-state index is 0.0688. The number of thiol groups is 1. The lowest BCUT2D eigenvalue weighted by Crippen LogP contribution is -2.30. The first-order valence-electron chi connectivity index (χ1n) is 4.78. The lowest BCUT2D eigenvalue weighted by molar-refractivity contribution is -0.120. The molecule has 1 rings (SSSR count). The van der Waals surface area contributed by atoms with E-state index in [0.717, 1.165) is 4.90 Å². The van der Waals surface area contributed by atoms with Crippen LogP contribution in [0.2, 0.25) is 0 Å². The van der Waals surface area contributed by atoms with Gasteiger partial charge in [0, 0.05) is 37.3 Å². The molecule has 1 aromatic heterocycles. The van der Waals surface area contributed by atoms with Gasteiger partial charge < -0.3 is 10.2 Å². The van der Waals surface area contributed by atoms with Crippen molar-refractivity contribution >= 4 is 35.8 Å². The monoisotopic (exact) mass is 258 g/mol. The van der Waals surface area contributed by atoms with Crippen molar-refractivity contribution in [1.29, 1.82) is 0 Å². The molecular formula is C10H14N2O2S2. The summed E-state index contributed by atoms with van der Waals surface area (Å²) in [6, 6.07) is 1.73. The molecule has 1 N–H and O–H groups in total. The second kappa shape index (κ2) is 5.91. The predicted molar refractivity (Wildman–Crippen MR) is 67.2 cm³/mol. The Bertz CT molecular complexity index is 390. The first-order valence-corrected chi connectivity index (χ1v) is 6.11. The molecule has 2 amide bonds. The summed E-state index contributed by atoms with van der Waals surface area (Å²) in [5.74, 6) is -0.144. The van der Waals surface area contributed by atoms with Gasteiger partial charge in [0.05, 0.1) is 4.88 Å². The van der Waals surface area contributed by atoms with Crippen molar-refractivity contribution in [3.05, 3.63) is 16.3 Å². The molecule has 16 heavy (non-hydrogen) atoms. The maximum absolute atomic E-state index is 11.8. The summed E-state index contributed by atoms with van der Waals surface area (Å²) in [5.41, 5.74) is 0. The summed E-state index contributed by atoms with van der Waals surface area (Å²) in [5, 5.41) is 4.33. The molecule has 4 nitrogen and oxygen atoms in total. The van der Waals surface area contributed by atoms with Crippen LogP contribution in [0.3, 0.4) is 0 Å². The molecule has 88 valence electrons. The van der Waals surface area contributed by atoms with E-state index in [4.69, 9.17) is 0 Å². The van der Waals surface area contributed by atoms with Crippen molar-refractivity contribution in [3.8, 4) is 0 Å². The van der Waals surface area contributed by atoms with Crippen molar-refractivity contribution in [3.63, 3.8) is 0 Å². The van der Waals surface area contributed by atoms with E-state index in [-0.39, 0.29) is 11.8 Å². The van der Waals surface area contributed by atoms with Crippen LogP contribution in [0.1, 0.15) is 16.1 Å². The molecule has 0 radical (unpaired) electrons. The number of carbonyl (C=O) groups excluding carboxylic acids is 2. The zero-order valence-corrected chi connectivity index (χ0v) is 10.9. The number of carbonyl (C=O) groups is 2. The Morgan fingerprint density at radius 1 is 1.56 bits per heavy atom.